The molecule has 0 fully saturated rings. The van der Waals surface area contributed by atoms with Gasteiger partial charge in [0.05, 0.1) is 0 Å². The minimum absolute atomic E-state index is 0.00918. The fourth-order valence-electron chi connectivity index (χ4n) is 4.85. The summed E-state index contributed by atoms with van der Waals surface area (Å²) >= 11 is 0. The molecule has 196 valence electrons. The number of aryl methyl sites for hydroxylation is 2. The molecule has 1 atom stereocenters. The van der Waals surface area contributed by atoms with Gasteiger partial charge in [-0.3, -0.25) is 9.59 Å². The number of hydrogen-bond acceptors (Lipinski definition) is 2. The molecule has 0 aliphatic rings. The van der Waals surface area contributed by atoms with Crippen LogP contribution < -0.4 is 5.32 Å². The zero-order chi connectivity index (χ0) is 26.7. The van der Waals surface area contributed by atoms with E-state index in [0.29, 0.717) is 32.4 Å². The van der Waals surface area contributed by atoms with Crippen LogP contribution in [0, 0.1) is 6.92 Å². The van der Waals surface area contributed by atoms with E-state index in [1.807, 2.05) is 48.5 Å². The van der Waals surface area contributed by atoms with Gasteiger partial charge in [0.15, 0.2) is 0 Å². The van der Waals surface area contributed by atoms with Crippen molar-refractivity contribution in [3.8, 4) is 0 Å². The molecule has 0 saturated carbocycles. The number of unbranched alkanes of at least 4 members (excludes halogenated alkanes) is 1. The Kier molecular flexibility index (Phi) is 9.69. The standard InChI is InChI=1S/C34H38N2O2/c1-3-4-23-35-34(38)32(24-27-11-6-5-7-12-27)36(25-28-19-17-26(2)18-20-28)33(37)22-21-30-15-10-14-29-13-8-9-16-31(29)30/h5-20,32H,3-4,21-25H2,1-2H3,(H,35,38). The third-order valence-electron chi connectivity index (χ3n) is 7.06. The molecule has 4 heteroatoms. The highest BCUT2D eigenvalue weighted by Gasteiger charge is 2.30. The normalized spacial score (nSPS) is 11.7. The van der Waals surface area contributed by atoms with Gasteiger partial charge in [-0.25, -0.2) is 0 Å². The first-order valence-electron chi connectivity index (χ1n) is 13.7. The van der Waals surface area contributed by atoms with Gasteiger partial charge in [0.1, 0.15) is 6.04 Å². The Hall–Kier alpha value is -3.92. The number of carbonyl (C=O) groups is 2. The maximum absolute atomic E-state index is 13.9. The summed E-state index contributed by atoms with van der Waals surface area (Å²) in [5, 5.41) is 5.44. The summed E-state index contributed by atoms with van der Waals surface area (Å²) in [6, 6.07) is 32.1. The predicted molar refractivity (Wildman–Crippen MR) is 156 cm³/mol. The average Bonchev–Trinajstić information content (AvgIpc) is 2.95. The van der Waals surface area contributed by atoms with Gasteiger partial charge in [-0.15, -0.1) is 0 Å². The van der Waals surface area contributed by atoms with Crippen molar-refractivity contribution >= 4 is 22.6 Å². The number of carbonyl (C=O) groups excluding carboxylic acids is 2. The van der Waals surface area contributed by atoms with E-state index in [-0.39, 0.29) is 11.8 Å². The van der Waals surface area contributed by atoms with Crippen LogP contribution in [-0.2, 0) is 29.0 Å². The number of benzene rings is 4. The second kappa shape index (κ2) is 13.6. The Labute approximate surface area is 226 Å². The molecule has 1 N–H and O–H groups in total. The predicted octanol–water partition coefficient (Wildman–Crippen LogP) is 6.64. The van der Waals surface area contributed by atoms with Crippen LogP contribution in [0.4, 0.5) is 0 Å². The van der Waals surface area contributed by atoms with Crippen LogP contribution in [0.25, 0.3) is 10.8 Å². The molecule has 0 radical (unpaired) electrons. The van der Waals surface area contributed by atoms with E-state index >= 15 is 0 Å². The van der Waals surface area contributed by atoms with E-state index in [2.05, 4.69) is 67.7 Å². The Morgan fingerprint density at radius 3 is 2.29 bits per heavy atom. The zero-order valence-electron chi connectivity index (χ0n) is 22.5. The number of hydrogen-bond donors (Lipinski definition) is 1. The van der Waals surface area contributed by atoms with Gasteiger partial charge in [-0.1, -0.05) is 116 Å². The van der Waals surface area contributed by atoms with Gasteiger partial charge < -0.3 is 10.2 Å². The Balaban J connectivity index is 1.62. The number of fused-ring (bicyclic) bond motifs is 1. The molecule has 4 aromatic rings. The summed E-state index contributed by atoms with van der Waals surface area (Å²) in [6.45, 7) is 5.17. The molecule has 1 unspecified atom stereocenters. The van der Waals surface area contributed by atoms with Crippen LogP contribution in [-0.4, -0.2) is 29.3 Å². The quantitative estimate of drug-likeness (QED) is 0.219. The number of amides is 2. The van der Waals surface area contributed by atoms with E-state index < -0.39 is 6.04 Å². The topological polar surface area (TPSA) is 49.4 Å². The first-order valence-corrected chi connectivity index (χ1v) is 13.7. The second-order valence-corrected chi connectivity index (χ2v) is 10.00. The Morgan fingerprint density at radius 2 is 1.53 bits per heavy atom. The molecule has 0 saturated heterocycles. The van der Waals surface area contributed by atoms with Gasteiger partial charge in [-0.05, 0) is 47.2 Å². The van der Waals surface area contributed by atoms with Crippen molar-refractivity contribution in [1.82, 2.24) is 10.2 Å². The van der Waals surface area contributed by atoms with Crippen LogP contribution in [0.1, 0.15) is 48.4 Å². The molecule has 4 rings (SSSR count). The van der Waals surface area contributed by atoms with E-state index in [4.69, 9.17) is 0 Å². The average molecular weight is 507 g/mol. The van der Waals surface area contributed by atoms with E-state index in [1.165, 1.54) is 16.3 Å². The molecule has 2 amide bonds. The van der Waals surface area contributed by atoms with Gasteiger partial charge in [-0.2, -0.15) is 0 Å². The zero-order valence-corrected chi connectivity index (χ0v) is 22.5. The molecule has 0 aliphatic carbocycles. The van der Waals surface area contributed by atoms with Crippen molar-refractivity contribution in [1.29, 1.82) is 0 Å². The lowest BCUT2D eigenvalue weighted by Crippen LogP contribution is -2.50. The van der Waals surface area contributed by atoms with E-state index in [0.717, 1.165) is 29.5 Å². The monoisotopic (exact) mass is 506 g/mol. The van der Waals surface area contributed by atoms with Gasteiger partial charge in [0.2, 0.25) is 11.8 Å². The fourth-order valence-corrected chi connectivity index (χ4v) is 4.85. The molecular formula is C34H38N2O2. The molecule has 0 heterocycles. The first kappa shape index (κ1) is 27.1. The van der Waals surface area contributed by atoms with Crippen LogP contribution in [0.2, 0.25) is 0 Å². The summed E-state index contributed by atoms with van der Waals surface area (Å²) in [5.74, 6) is -0.0991. The van der Waals surface area contributed by atoms with Crippen molar-refractivity contribution in [2.75, 3.05) is 6.54 Å². The lowest BCUT2D eigenvalue weighted by molar-refractivity contribution is -0.141. The molecule has 0 aliphatic heterocycles. The molecule has 38 heavy (non-hydrogen) atoms. The van der Waals surface area contributed by atoms with Crippen LogP contribution in [0.5, 0.6) is 0 Å². The molecular weight excluding hydrogens is 468 g/mol. The minimum Gasteiger partial charge on any atom is -0.354 e. The van der Waals surface area contributed by atoms with Crippen molar-refractivity contribution in [3.63, 3.8) is 0 Å². The highest BCUT2D eigenvalue weighted by atomic mass is 16.2. The smallest absolute Gasteiger partial charge is 0.243 e. The number of nitrogens with one attached hydrogen (secondary N) is 1. The molecule has 0 spiro atoms. The van der Waals surface area contributed by atoms with Crippen molar-refractivity contribution in [3.05, 3.63) is 119 Å². The third kappa shape index (κ3) is 7.32. The first-order chi connectivity index (χ1) is 18.5. The highest BCUT2D eigenvalue weighted by Crippen LogP contribution is 2.22. The van der Waals surface area contributed by atoms with Gasteiger partial charge in [0.25, 0.3) is 0 Å². The lowest BCUT2D eigenvalue weighted by Gasteiger charge is -2.32. The van der Waals surface area contributed by atoms with Crippen LogP contribution >= 0.6 is 0 Å². The van der Waals surface area contributed by atoms with Crippen molar-refractivity contribution in [2.45, 2.75) is 58.5 Å². The van der Waals surface area contributed by atoms with E-state index in [9.17, 15) is 9.59 Å². The minimum atomic E-state index is -0.587. The van der Waals surface area contributed by atoms with Crippen LogP contribution in [0.3, 0.4) is 0 Å². The molecule has 4 nitrogen and oxygen atoms in total. The molecule has 0 aromatic heterocycles. The van der Waals surface area contributed by atoms with Gasteiger partial charge in [0, 0.05) is 25.9 Å². The maximum Gasteiger partial charge on any atom is 0.243 e. The third-order valence-corrected chi connectivity index (χ3v) is 7.06. The summed E-state index contributed by atoms with van der Waals surface area (Å²) in [4.78, 5) is 29.3. The SMILES string of the molecule is CCCCNC(=O)C(Cc1ccccc1)N(Cc1ccc(C)cc1)C(=O)CCc1cccc2ccccc12. The highest BCUT2D eigenvalue weighted by molar-refractivity contribution is 5.89. The van der Waals surface area contributed by atoms with Crippen molar-refractivity contribution in [2.24, 2.45) is 0 Å². The molecule has 4 aromatic carbocycles. The summed E-state index contributed by atoms with van der Waals surface area (Å²) in [6.07, 6.45) is 3.36. The fraction of sp³-hybridized carbons (Fsp3) is 0.294. The number of rotatable bonds is 12. The van der Waals surface area contributed by atoms with Crippen molar-refractivity contribution < 1.29 is 9.59 Å². The summed E-state index contributed by atoms with van der Waals surface area (Å²) in [5.41, 5.74) is 4.38. The maximum atomic E-state index is 13.9. The van der Waals surface area contributed by atoms with E-state index in [1.54, 1.807) is 4.90 Å². The number of nitrogens with zero attached hydrogens (tertiary/aromatic N) is 1. The summed E-state index contributed by atoms with van der Waals surface area (Å²) < 4.78 is 0. The molecule has 0 bridgehead atoms. The Bertz CT molecular complexity index is 1330. The Morgan fingerprint density at radius 1 is 0.816 bits per heavy atom. The van der Waals surface area contributed by atoms with Crippen LogP contribution in [0.15, 0.2) is 97.1 Å². The van der Waals surface area contributed by atoms with Gasteiger partial charge >= 0.3 is 0 Å². The lowest BCUT2D eigenvalue weighted by atomic mass is 9.99. The summed E-state index contributed by atoms with van der Waals surface area (Å²) in [7, 11) is 0. The second-order valence-electron chi connectivity index (χ2n) is 10.00. The largest absolute Gasteiger partial charge is 0.354 e.